The molecule has 0 radical (unpaired) electrons. The molecule has 5 aromatic rings. The number of benzene rings is 3. The zero-order chi connectivity index (χ0) is 18.1. The second-order valence-corrected chi connectivity index (χ2v) is 7.50. The summed E-state index contributed by atoms with van der Waals surface area (Å²) in [4.78, 5) is 6.10. The van der Waals surface area contributed by atoms with Crippen LogP contribution in [0.3, 0.4) is 0 Å². The van der Waals surface area contributed by atoms with Gasteiger partial charge in [-0.2, -0.15) is 0 Å². The van der Waals surface area contributed by atoms with Crippen LogP contribution >= 0.6 is 11.3 Å². The van der Waals surface area contributed by atoms with Gasteiger partial charge in [-0.1, -0.05) is 66.7 Å². The normalized spacial score (nSPS) is 11.1. The van der Waals surface area contributed by atoms with Crippen LogP contribution < -0.4 is 5.32 Å². The standard InChI is InChI=1S/C24H18N2S/c1-3-8-21-19(6-1)24(20-7-2-4-9-22(20)26-21)25-16-17-11-13-18(14-12-17)23-10-5-15-27-23/h1-15H,16H2,(H,25,26). The number of hydrogen-bond acceptors (Lipinski definition) is 3. The molecule has 3 aromatic carbocycles. The number of thiophene rings is 1. The Hall–Kier alpha value is -3.17. The van der Waals surface area contributed by atoms with Gasteiger partial charge in [0.15, 0.2) is 0 Å². The molecule has 130 valence electrons. The van der Waals surface area contributed by atoms with Gasteiger partial charge in [0.1, 0.15) is 0 Å². The lowest BCUT2D eigenvalue weighted by atomic mass is 10.1. The summed E-state index contributed by atoms with van der Waals surface area (Å²) in [5.41, 5.74) is 5.73. The number of nitrogens with one attached hydrogen (secondary N) is 1. The molecule has 0 aliphatic heterocycles. The molecule has 0 atom stereocenters. The van der Waals surface area contributed by atoms with Gasteiger partial charge >= 0.3 is 0 Å². The van der Waals surface area contributed by atoms with E-state index in [1.807, 2.05) is 12.1 Å². The Labute approximate surface area is 162 Å². The third kappa shape index (κ3) is 3.07. The number of aromatic nitrogens is 1. The summed E-state index contributed by atoms with van der Waals surface area (Å²) >= 11 is 1.77. The van der Waals surface area contributed by atoms with Crippen molar-refractivity contribution in [3.05, 3.63) is 95.9 Å². The van der Waals surface area contributed by atoms with Gasteiger partial charge in [-0.3, -0.25) is 0 Å². The lowest BCUT2D eigenvalue weighted by Gasteiger charge is -2.13. The van der Waals surface area contributed by atoms with Crippen molar-refractivity contribution in [3.63, 3.8) is 0 Å². The van der Waals surface area contributed by atoms with E-state index in [2.05, 4.69) is 83.5 Å². The largest absolute Gasteiger partial charge is 0.380 e. The zero-order valence-electron chi connectivity index (χ0n) is 14.7. The highest BCUT2D eigenvalue weighted by Gasteiger charge is 2.08. The molecular weight excluding hydrogens is 348 g/mol. The predicted octanol–water partition coefficient (Wildman–Crippen LogP) is 6.73. The fourth-order valence-electron chi connectivity index (χ4n) is 3.45. The van der Waals surface area contributed by atoms with Crippen molar-refractivity contribution in [1.29, 1.82) is 0 Å². The van der Waals surface area contributed by atoms with Crippen LogP contribution in [0.4, 0.5) is 5.69 Å². The average molecular weight is 366 g/mol. The Bertz CT molecular complexity index is 1150. The molecule has 0 aliphatic carbocycles. The van der Waals surface area contributed by atoms with Crippen LogP contribution in [0.5, 0.6) is 0 Å². The molecule has 0 bridgehead atoms. The first-order valence-corrected chi connectivity index (χ1v) is 9.91. The molecule has 27 heavy (non-hydrogen) atoms. The minimum Gasteiger partial charge on any atom is -0.380 e. The summed E-state index contributed by atoms with van der Waals surface area (Å²) in [5.74, 6) is 0. The van der Waals surface area contributed by atoms with Crippen molar-refractivity contribution in [2.45, 2.75) is 6.54 Å². The summed E-state index contributed by atoms with van der Waals surface area (Å²) in [6.45, 7) is 0.780. The topological polar surface area (TPSA) is 24.9 Å². The van der Waals surface area contributed by atoms with Gasteiger partial charge in [0.05, 0.1) is 16.7 Å². The highest BCUT2D eigenvalue weighted by molar-refractivity contribution is 7.13. The molecule has 2 aromatic heterocycles. The first kappa shape index (κ1) is 16.0. The van der Waals surface area contributed by atoms with Gasteiger partial charge in [0.2, 0.25) is 0 Å². The van der Waals surface area contributed by atoms with Gasteiger partial charge in [-0.25, -0.2) is 4.98 Å². The van der Waals surface area contributed by atoms with Crippen LogP contribution in [-0.2, 0) is 6.54 Å². The maximum absolute atomic E-state index is 4.79. The van der Waals surface area contributed by atoms with Crippen molar-refractivity contribution in [1.82, 2.24) is 4.98 Å². The fraction of sp³-hybridized carbons (Fsp3) is 0.0417. The van der Waals surface area contributed by atoms with Crippen LogP contribution in [0.15, 0.2) is 90.3 Å². The van der Waals surface area contributed by atoms with Crippen LogP contribution in [-0.4, -0.2) is 4.98 Å². The molecule has 5 rings (SSSR count). The van der Waals surface area contributed by atoms with E-state index < -0.39 is 0 Å². The molecule has 0 saturated heterocycles. The maximum Gasteiger partial charge on any atom is 0.0730 e. The molecule has 0 unspecified atom stereocenters. The lowest BCUT2D eigenvalue weighted by Crippen LogP contribution is -2.01. The van der Waals surface area contributed by atoms with Crippen LogP contribution in [0.1, 0.15) is 5.56 Å². The molecule has 3 heteroatoms. The van der Waals surface area contributed by atoms with Gasteiger partial charge < -0.3 is 5.32 Å². The zero-order valence-corrected chi connectivity index (χ0v) is 15.5. The molecule has 0 aliphatic rings. The van der Waals surface area contributed by atoms with E-state index in [9.17, 15) is 0 Å². The van der Waals surface area contributed by atoms with Crippen molar-refractivity contribution >= 4 is 38.8 Å². The van der Waals surface area contributed by atoms with Crippen molar-refractivity contribution in [3.8, 4) is 10.4 Å². The Morgan fingerprint density at radius 2 is 1.37 bits per heavy atom. The van der Waals surface area contributed by atoms with E-state index in [-0.39, 0.29) is 0 Å². The Kier molecular flexibility index (Phi) is 4.07. The van der Waals surface area contributed by atoms with Gasteiger partial charge in [0, 0.05) is 22.2 Å². The fourth-order valence-corrected chi connectivity index (χ4v) is 4.18. The summed E-state index contributed by atoms with van der Waals surface area (Å²) in [6, 6.07) is 29.7. The molecule has 0 fully saturated rings. The van der Waals surface area contributed by atoms with E-state index in [1.54, 1.807) is 11.3 Å². The van der Waals surface area contributed by atoms with E-state index >= 15 is 0 Å². The average Bonchev–Trinajstić information content (AvgIpc) is 3.26. The Balaban J connectivity index is 1.49. The van der Waals surface area contributed by atoms with Crippen LogP contribution in [0, 0.1) is 0 Å². The molecule has 0 amide bonds. The lowest BCUT2D eigenvalue weighted by molar-refractivity contribution is 1.16. The van der Waals surface area contributed by atoms with Gasteiger partial charge in [-0.15, -0.1) is 11.3 Å². The monoisotopic (exact) mass is 366 g/mol. The highest BCUT2D eigenvalue weighted by Crippen LogP contribution is 2.31. The molecule has 2 nitrogen and oxygen atoms in total. The number of pyridine rings is 1. The second kappa shape index (κ2) is 6.86. The predicted molar refractivity (Wildman–Crippen MR) is 116 cm³/mol. The number of nitrogens with zero attached hydrogens (tertiary/aromatic N) is 1. The van der Waals surface area contributed by atoms with Crippen LogP contribution in [0.25, 0.3) is 32.2 Å². The van der Waals surface area contributed by atoms with Crippen molar-refractivity contribution in [2.75, 3.05) is 5.32 Å². The molecule has 1 N–H and O–H groups in total. The minimum atomic E-state index is 0.780. The Morgan fingerprint density at radius 1 is 0.704 bits per heavy atom. The van der Waals surface area contributed by atoms with Gasteiger partial charge in [-0.05, 0) is 34.7 Å². The number of para-hydroxylation sites is 2. The Morgan fingerprint density at radius 3 is 2.00 bits per heavy atom. The molecule has 0 spiro atoms. The third-order valence-electron chi connectivity index (χ3n) is 4.82. The quantitative estimate of drug-likeness (QED) is 0.357. The van der Waals surface area contributed by atoms with Gasteiger partial charge in [0.25, 0.3) is 0 Å². The minimum absolute atomic E-state index is 0.780. The number of anilines is 1. The van der Waals surface area contributed by atoms with Crippen LogP contribution in [0.2, 0.25) is 0 Å². The van der Waals surface area contributed by atoms with Crippen molar-refractivity contribution in [2.24, 2.45) is 0 Å². The molecule has 2 heterocycles. The second-order valence-electron chi connectivity index (χ2n) is 6.55. The maximum atomic E-state index is 4.79. The summed E-state index contributed by atoms with van der Waals surface area (Å²) < 4.78 is 0. The highest BCUT2D eigenvalue weighted by atomic mass is 32.1. The third-order valence-corrected chi connectivity index (χ3v) is 5.74. The summed E-state index contributed by atoms with van der Waals surface area (Å²) in [7, 11) is 0. The van der Waals surface area contributed by atoms with E-state index in [0.717, 1.165) is 34.0 Å². The molecule has 0 saturated carbocycles. The summed E-state index contributed by atoms with van der Waals surface area (Å²) in [6.07, 6.45) is 0. The molecular formula is C24H18N2S. The number of hydrogen-bond donors (Lipinski definition) is 1. The number of fused-ring (bicyclic) bond motifs is 2. The summed E-state index contributed by atoms with van der Waals surface area (Å²) in [5, 5.41) is 8.10. The van der Waals surface area contributed by atoms with E-state index in [4.69, 9.17) is 4.98 Å². The van der Waals surface area contributed by atoms with E-state index in [1.165, 1.54) is 16.0 Å². The first-order chi connectivity index (χ1) is 13.4. The number of rotatable bonds is 4. The first-order valence-electron chi connectivity index (χ1n) is 9.03. The van der Waals surface area contributed by atoms with Crippen molar-refractivity contribution < 1.29 is 0 Å². The smallest absolute Gasteiger partial charge is 0.0730 e. The van der Waals surface area contributed by atoms with E-state index in [0.29, 0.717) is 0 Å². The SMILES string of the molecule is c1csc(-c2ccc(CNc3c4ccccc4nc4ccccc34)cc2)c1.